The van der Waals surface area contributed by atoms with E-state index in [0.717, 1.165) is 5.56 Å². The molecule has 6 heteroatoms. The minimum absolute atomic E-state index is 0.00667. The molecule has 0 aromatic heterocycles. The molecule has 1 aliphatic heterocycles. The van der Waals surface area contributed by atoms with Gasteiger partial charge in [0.2, 0.25) is 0 Å². The predicted octanol–water partition coefficient (Wildman–Crippen LogP) is 4.97. The second-order valence-corrected chi connectivity index (χ2v) is 14.2. The first kappa shape index (κ1) is 21.6. The zero-order chi connectivity index (χ0) is 20.6. The van der Waals surface area contributed by atoms with Crippen molar-refractivity contribution < 1.29 is 18.8 Å². The van der Waals surface area contributed by atoms with Gasteiger partial charge in [-0.2, -0.15) is 0 Å². The van der Waals surface area contributed by atoms with Crippen LogP contribution in [0.15, 0.2) is 30.3 Å². The Morgan fingerprint density at radius 2 is 1.70 bits per heavy atom. The first-order valence-corrected chi connectivity index (χ1v) is 12.5. The molecule has 0 saturated carbocycles. The van der Waals surface area contributed by atoms with Crippen molar-refractivity contribution in [3.8, 4) is 0 Å². The number of hydrogen-bond acceptors (Lipinski definition) is 4. The van der Waals surface area contributed by atoms with Crippen molar-refractivity contribution in [3.05, 3.63) is 35.9 Å². The van der Waals surface area contributed by atoms with Gasteiger partial charge in [-0.3, -0.25) is 4.90 Å². The van der Waals surface area contributed by atoms with E-state index in [9.17, 15) is 9.59 Å². The lowest BCUT2D eigenvalue weighted by atomic mass is 9.86. The summed E-state index contributed by atoms with van der Waals surface area (Å²) in [6, 6.07) is 9.64. The zero-order valence-corrected chi connectivity index (χ0v) is 18.8. The summed E-state index contributed by atoms with van der Waals surface area (Å²) in [6.07, 6.45) is -1.04. The van der Waals surface area contributed by atoms with Crippen molar-refractivity contribution in [2.24, 2.45) is 5.92 Å². The van der Waals surface area contributed by atoms with Crippen LogP contribution in [0.2, 0.25) is 18.1 Å². The third-order valence-corrected chi connectivity index (χ3v) is 10.4. The van der Waals surface area contributed by atoms with Crippen LogP contribution in [-0.4, -0.2) is 36.9 Å². The van der Waals surface area contributed by atoms with E-state index in [1.165, 1.54) is 4.90 Å². The van der Waals surface area contributed by atoms with Gasteiger partial charge in [-0.05, 0) is 36.5 Å². The van der Waals surface area contributed by atoms with E-state index in [0.29, 0.717) is 6.54 Å². The van der Waals surface area contributed by atoms with Crippen molar-refractivity contribution >= 4 is 20.4 Å². The molecule has 1 amide bonds. The van der Waals surface area contributed by atoms with Crippen molar-refractivity contribution in [1.29, 1.82) is 0 Å². The Balaban J connectivity index is 2.43. The zero-order valence-electron chi connectivity index (χ0n) is 17.8. The Morgan fingerprint density at radius 1 is 1.15 bits per heavy atom. The topological polar surface area (TPSA) is 55.8 Å². The number of ether oxygens (including phenoxy) is 1. The van der Waals surface area contributed by atoms with Gasteiger partial charge < -0.3 is 9.16 Å². The summed E-state index contributed by atoms with van der Waals surface area (Å²) in [6.45, 7) is 17.0. The smallest absolute Gasteiger partial charge is 0.411 e. The average Bonchev–Trinajstić information content (AvgIpc) is 2.76. The van der Waals surface area contributed by atoms with E-state index in [4.69, 9.17) is 9.16 Å². The van der Waals surface area contributed by atoms with Crippen LogP contribution in [0.5, 0.6) is 0 Å². The van der Waals surface area contributed by atoms with E-state index < -0.39 is 32.0 Å². The van der Waals surface area contributed by atoms with Gasteiger partial charge in [0.15, 0.2) is 13.9 Å². The molecule has 0 radical (unpaired) electrons. The monoisotopic (exact) mass is 391 g/mol. The van der Waals surface area contributed by atoms with Gasteiger partial charge in [0, 0.05) is 0 Å². The highest BCUT2D eigenvalue weighted by Gasteiger charge is 2.59. The molecule has 0 bridgehead atoms. The largest absolute Gasteiger partial charge is 0.418 e. The second kappa shape index (κ2) is 7.39. The Kier molecular flexibility index (Phi) is 5.93. The lowest BCUT2D eigenvalue weighted by Gasteiger charge is -2.46. The van der Waals surface area contributed by atoms with Crippen LogP contribution in [0, 0.1) is 5.92 Å². The van der Waals surface area contributed by atoms with Crippen molar-refractivity contribution in [1.82, 2.24) is 4.90 Å². The van der Waals surface area contributed by atoms with Crippen LogP contribution < -0.4 is 0 Å². The van der Waals surface area contributed by atoms with Crippen LogP contribution in [0.4, 0.5) is 4.79 Å². The van der Waals surface area contributed by atoms with Crippen LogP contribution in [0.1, 0.15) is 47.1 Å². The summed E-state index contributed by atoms with van der Waals surface area (Å²) in [5.41, 5.74) is -0.207. The standard InChI is InChI=1S/C21H33NO4Si/c1-15(2)17(26-27(7,8)20(3,4)5)21(6)18(23)25-19(24)22(21)14-16-12-10-9-11-13-16/h9-13,15,17H,14H2,1-8H3/t17-,21+/m0/s1. The fraction of sp³-hybridized carbons (Fsp3) is 0.619. The molecule has 1 aliphatic rings. The average molecular weight is 392 g/mol. The first-order valence-electron chi connectivity index (χ1n) is 9.56. The number of rotatable bonds is 6. The highest BCUT2D eigenvalue weighted by atomic mass is 28.4. The van der Waals surface area contributed by atoms with Gasteiger partial charge in [-0.25, -0.2) is 9.59 Å². The van der Waals surface area contributed by atoms with Crippen LogP contribution >= 0.6 is 0 Å². The maximum absolute atomic E-state index is 12.8. The quantitative estimate of drug-likeness (QED) is 0.390. The normalized spacial score (nSPS) is 22.3. The molecule has 0 N–H and O–H groups in total. The molecule has 0 aliphatic carbocycles. The van der Waals surface area contributed by atoms with Crippen molar-refractivity contribution in [3.63, 3.8) is 0 Å². The molecule has 1 aromatic carbocycles. The molecule has 0 spiro atoms. The number of cyclic esters (lactones) is 2. The van der Waals surface area contributed by atoms with Gasteiger partial charge in [-0.1, -0.05) is 65.0 Å². The fourth-order valence-electron chi connectivity index (χ4n) is 3.20. The molecule has 2 rings (SSSR count). The summed E-state index contributed by atoms with van der Waals surface area (Å²) in [4.78, 5) is 26.9. The van der Waals surface area contributed by atoms with E-state index in [1.807, 2.05) is 44.2 Å². The summed E-state index contributed by atoms with van der Waals surface area (Å²) in [5, 5.41) is -0.00667. The lowest BCUT2D eigenvalue weighted by molar-refractivity contribution is -0.146. The molecular formula is C21H33NO4Si. The van der Waals surface area contributed by atoms with E-state index >= 15 is 0 Å². The minimum Gasteiger partial charge on any atom is -0.411 e. The molecule has 2 atom stereocenters. The Morgan fingerprint density at radius 3 is 2.19 bits per heavy atom. The molecule has 1 fully saturated rings. The number of esters is 1. The number of nitrogens with zero attached hydrogens (tertiary/aromatic N) is 1. The number of benzene rings is 1. The second-order valence-electron chi connectivity index (χ2n) is 9.42. The fourth-order valence-corrected chi connectivity index (χ4v) is 4.69. The Labute approximate surface area is 164 Å². The lowest BCUT2D eigenvalue weighted by Crippen LogP contribution is -2.61. The molecule has 27 heavy (non-hydrogen) atoms. The highest BCUT2D eigenvalue weighted by Crippen LogP contribution is 2.42. The summed E-state index contributed by atoms with van der Waals surface area (Å²) >= 11 is 0. The van der Waals surface area contributed by atoms with Gasteiger partial charge in [-0.15, -0.1) is 0 Å². The molecule has 1 aromatic rings. The Hall–Kier alpha value is -1.66. The maximum Gasteiger partial charge on any atom is 0.418 e. The van der Waals surface area contributed by atoms with E-state index in [-0.39, 0.29) is 11.0 Å². The molecule has 0 unspecified atom stereocenters. The SMILES string of the molecule is CC(C)[C@H](O[Si](C)(C)C(C)(C)C)[C@]1(C)C(=O)OC(=O)N1Cc1ccccc1. The van der Waals surface area contributed by atoms with Crippen molar-refractivity contribution in [2.75, 3.05) is 0 Å². The maximum atomic E-state index is 12.8. The highest BCUT2D eigenvalue weighted by molar-refractivity contribution is 6.74. The van der Waals surface area contributed by atoms with Gasteiger partial charge >= 0.3 is 12.1 Å². The number of amides is 1. The minimum atomic E-state index is -2.16. The predicted molar refractivity (Wildman–Crippen MR) is 109 cm³/mol. The summed E-state index contributed by atoms with van der Waals surface area (Å²) in [5.74, 6) is -0.485. The molecule has 1 saturated heterocycles. The number of carbonyl (C=O) groups excluding carboxylic acids is 2. The van der Waals surface area contributed by atoms with Crippen LogP contribution in [-0.2, 0) is 20.5 Å². The third kappa shape index (κ3) is 4.11. The molecule has 1 heterocycles. The van der Waals surface area contributed by atoms with Gasteiger partial charge in [0.25, 0.3) is 0 Å². The number of carbonyl (C=O) groups is 2. The van der Waals surface area contributed by atoms with Crippen LogP contribution in [0.25, 0.3) is 0 Å². The number of hydrogen-bond donors (Lipinski definition) is 0. The summed E-state index contributed by atoms with van der Waals surface area (Å²) < 4.78 is 11.8. The third-order valence-electron chi connectivity index (χ3n) is 5.95. The first-order chi connectivity index (χ1) is 12.3. The molecule has 5 nitrogen and oxygen atoms in total. The summed E-state index contributed by atoms with van der Waals surface area (Å²) in [7, 11) is -2.16. The van der Waals surface area contributed by atoms with Crippen molar-refractivity contribution in [2.45, 2.75) is 77.9 Å². The van der Waals surface area contributed by atoms with E-state index in [1.54, 1.807) is 6.92 Å². The van der Waals surface area contributed by atoms with Gasteiger partial charge in [0.1, 0.15) is 0 Å². The van der Waals surface area contributed by atoms with E-state index in [2.05, 4.69) is 33.9 Å². The van der Waals surface area contributed by atoms with Gasteiger partial charge in [0.05, 0.1) is 12.6 Å². The Bertz CT molecular complexity index is 696. The van der Waals surface area contributed by atoms with Crippen LogP contribution in [0.3, 0.4) is 0 Å². The molecular weight excluding hydrogens is 358 g/mol. The molecule has 150 valence electrons.